The Labute approximate surface area is 178 Å². The molecule has 3 rings (SSSR count). The zero-order valence-electron chi connectivity index (χ0n) is 15.2. The number of para-hydroxylation sites is 1. The molecular weight excluding hydrogens is 425 g/mol. The Balaban J connectivity index is 0.00000280. The van der Waals surface area contributed by atoms with Gasteiger partial charge >= 0.3 is 5.97 Å². The van der Waals surface area contributed by atoms with E-state index in [0.29, 0.717) is 17.7 Å². The van der Waals surface area contributed by atoms with Crippen LogP contribution in [0.3, 0.4) is 0 Å². The van der Waals surface area contributed by atoms with Gasteiger partial charge in [0.1, 0.15) is 11.3 Å². The normalized spacial score (nSPS) is 10.4. The first kappa shape index (κ1) is 22.0. The molecule has 0 aliphatic carbocycles. The third-order valence-corrected chi connectivity index (χ3v) is 4.80. The molecule has 1 heterocycles. The molecule has 0 fully saturated rings. The summed E-state index contributed by atoms with van der Waals surface area (Å²) in [5, 5.41) is 3.36. The molecule has 0 radical (unpaired) electrons. The minimum atomic E-state index is -0.417. The van der Waals surface area contributed by atoms with Gasteiger partial charge in [0.05, 0.1) is 40.3 Å². The van der Waals surface area contributed by atoms with Crippen molar-refractivity contribution in [3.05, 3.63) is 57.8 Å². The van der Waals surface area contributed by atoms with E-state index in [1.165, 1.54) is 7.11 Å². The molecule has 148 valence electrons. The number of imidazole rings is 1. The fourth-order valence-electron chi connectivity index (χ4n) is 2.85. The van der Waals surface area contributed by atoms with Gasteiger partial charge in [0.25, 0.3) is 5.91 Å². The SMILES string of the molecule is COC(=O)CCn1c(C)nc2c(NC(=O)c3c(Cl)cccc3Cl)cccc21.Cl. The summed E-state index contributed by atoms with van der Waals surface area (Å²) < 4.78 is 6.60. The quantitative estimate of drug-likeness (QED) is 0.571. The first-order valence-corrected chi connectivity index (χ1v) is 8.96. The number of hydrogen-bond donors (Lipinski definition) is 1. The molecular formula is C19H18Cl3N3O3. The van der Waals surface area contributed by atoms with E-state index in [-0.39, 0.29) is 40.4 Å². The molecule has 9 heteroatoms. The molecule has 1 aromatic heterocycles. The molecule has 0 atom stereocenters. The van der Waals surface area contributed by atoms with Crippen LogP contribution in [0.2, 0.25) is 10.0 Å². The van der Waals surface area contributed by atoms with Gasteiger partial charge in [0.15, 0.2) is 0 Å². The Kier molecular flexibility index (Phi) is 7.29. The second-order valence-corrected chi connectivity index (χ2v) is 6.68. The lowest BCUT2D eigenvalue weighted by Gasteiger charge is -2.09. The van der Waals surface area contributed by atoms with Crippen LogP contribution in [-0.2, 0) is 16.1 Å². The van der Waals surface area contributed by atoms with E-state index >= 15 is 0 Å². The maximum absolute atomic E-state index is 12.7. The average molecular weight is 443 g/mol. The maximum Gasteiger partial charge on any atom is 0.307 e. The number of esters is 1. The number of hydrogen-bond acceptors (Lipinski definition) is 4. The molecule has 1 amide bonds. The number of methoxy groups -OCH3 is 1. The summed E-state index contributed by atoms with van der Waals surface area (Å²) in [6.07, 6.45) is 0.231. The van der Waals surface area contributed by atoms with Crippen LogP contribution < -0.4 is 5.32 Å². The largest absolute Gasteiger partial charge is 0.469 e. The molecule has 1 N–H and O–H groups in total. The van der Waals surface area contributed by atoms with Gasteiger partial charge in [0, 0.05) is 6.54 Å². The van der Waals surface area contributed by atoms with Crippen LogP contribution in [0, 0.1) is 6.92 Å². The number of nitrogens with one attached hydrogen (secondary N) is 1. The van der Waals surface area contributed by atoms with Gasteiger partial charge in [-0.15, -0.1) is 12.4 Å². The van der Waals surface area contributed by atoms with Gasteiger partial charge < -0.3 is 14.6 Å². The number of benzene rings is 2. The molecule has 28 heavy (non-hydrogen) atoms. The van der Waals surface area contributed by atoms with Crippen molar-refractivity contribution in [1.29, 1.82) is 0 Å². The maximum atomic E-state index is 12.7. The molecule has 2 aromatic carbocycles. The average Bonchev–Trinajstić information content (AvgIpc) is 2.96. The fraction of sp³-hybridized carbons (Fsp3) is 0.211. The number of ether oxygens (including phenoxy) is 1. The lowest BCUT2D eigenvalue weighted by atomic mass is 10.2. The first-order valence-electron chi connectivity index (χ1n) is 8.20. The van der Waals surface area contributed by atoms with Gasteiger partial charge in [-0.2, -0.15) is 0 Å². The lowest BCUT2D eigenvalue weighted by Crippen LogP contribution is -2.13. The van der Waals surface area contributed by atoms with E-state index in [4.69, 9.17) is 27.9 Å². The van der Waals surface area contributed by atoms with E-state index in [0.717, 1.165) is 11.3 Å². The topological polar surface area (TPSA) is 73.2 Å². The van der Waals surface area contributed by atoms with Crippen LogP contribution in [-0.4, -0.2) is 28.5 Å². The third kappa shape index (κ3) is 4.41. The number of amides is 1. The Hall–Kier alpha value is -2.28. The zero-order valence-corrected chi connectivity index (χ0v) is 17.5. The summed E-state index contributed by atoms with van der Waals surface area (Å²) in [5.74, 6) is 0.0142. The monoisotopic (exact) mass is 441 g/mol. The van der Waals surface area contributed by atoms with Crippen LogP contribution >= 0.6 is 35.6 Å². The molecule has 0 saturated carbocycles. The summed E-state index contributed by atoms with van der Waals surface area (Å²) in [5.41, 5.74) is 2.17. The predicted octanol–water partition coefficient (Wildman–Crippen LogP) is 4.89. The highest BCUT2D eigenvalue weighted by Gasteiger charge is 2.18. The summed E-state index contributed by atoms with van der Waals surface area (Å²) in [7, 11) is 1.36. The smallest absolute Gasteiger partial charge is 0.307 e. The zero-order chi connectivity index (χ0) is 19.6. The molecule has 0 aliphatic rings. The van der Waals surface area contributed by atoms with Crippen LogP contribution in [0.5, 0.6) is 0 Å². The summed E-state index contributed by atoms with van der Waals surface area (Å²) >= 11 is 12.2. The standard InChI is InChI=1S/C19H17Cl2N3O3.ClH/c1-11-22-18-14(23-19(26)17-12(20)5-3-6-13(17)21)7-4-8-15(18)24(11)10-9-16(25)27-2;/h3-8H,9-10H2,1-2H3,(H,23,26);1H. The second kappa shape index (κ2) is 9.28. The number of aromatic nitrogens is 2. The van der Waals surface area contributed by atoms with Crippen molar-refractivity contribution in [1.82, 2.24) is 9.55 Å². The highest BCUT2D eigenvalue weighted by molar-refractivity contribution is 6.40. The van der Waals surface area contributed by atoms with Crippen LogP contribution in [0.25, 0.3) is 11.0 Å². The molecule has 0 spiro atoms. The Morgan fingerprint density at radius 3 is 2.43 bits per heavy atom. The highest BCUT2D eigenvalue weighted by Crippen LogP contribution is 2.28. The molecule has 0 saturated heterocycles. The Morgan fingerprint density at radius 2 is 1.79 bits per heavy atom. The number of aryl methyl sites for hydroxylation is 2. The van der Waals surface area contributed by atoms with Crippen LogP contribution in [0.4, 0.5) is 5.69 Å². The molecule has 3 aromatic rings. The minimum absolute atomic E-state index is 0. The summed E-state index contributed by atoms with van der Waals surface area (Å²) in [4.78, 5) is 28.7. The lowest BCUT2D eigenvalue weighted by molar-refractivity contribution is -0.140. The van der Waals surface area contributed by atoms with Crippen molar-refractivity contribution in [3.8, 4) is 0 Å². The molecule has 0 unspecified atom stereocenters. The van der Waals surface area contributed by atoms with Gasteiger partial charge in [0.2, 0.25) is 0 Å². The van der Waals surface area contributed by atoms with E-state index in [1.54, 1.807) is 24.3 Å². The van der Waals surface area contributed by atoms with Crippen LogP contribution in [0.1, 0.15) is 22.6 Å². The van der Waals surface area contributed by atoms with Crippen molar-refractivity contribution in [2.24, 2.45) is 0 Å². The van der Waals surface area contributed by atoms with Crippen LogP contribution in [0.15, 0.2) is 36.4 Å². The van der Waals surface area contributed by atoms with Crippen molar-refractivity contribution < 1.29 is 14.3 Å². The highest BCUT2D eigenvalue weighted by atomic mass is 35.5. The van der Waals surface area contributed by atoms with Gasteiger partial charge in [-0.05, 0) is 31.2 Å². The fourth-order valence-corrected chi connectivity index (χ4v) is 3.42. The number of carbonyl (C=O) groups is 2. The Morgan fingerprint density at radius 1 is 1.14 bits per heavy atom. The Bertz CT molecular complexity index is 1010. The van der Waals surface area contributed by atoms with Crippen molar-refractivity contribution in [2.75, 3.05) is 12.4 Å². The molecule has 6 nitrogen and oxygen atoms in total. The summed E-state index contributed by atoms with van der Waals surface area (Å²) in [6.45, 7) is 2.27. The number of fused-ring (bicyclic) bond motifs is 1. The van der Waals surface area contributed by atoms with Gasteiger partial charge in [-0.25, -0.2) is 4.98 Å². The van der Waals surface area contributed by atoms with E-state index in [9.17, 15) is 9.59 Å². The predicted molar refractivity (Wildman–Crippen MR) is 113 cm³/mol. The molecule has 0 aliphatic heterocycles. The van der Waals surface area contributed by atoms with E-state index in [1.807, 2.05) is 23.6 Å². The number of halogens is 3. The number of anilines is 1. The number of nitrogens with zero attached hydrogens (tertiary/aromatic N) is 2. The van der Waals surface area contributed by atoms with Gasteiger partial charge in [-0.3, -0.25) is 9.59 Å². The minimum Gasteiger partial charge on any atom is -0.469 e. The van der Waals surface area contributed by atoms with E-state index in [2.05, 4.69) is 10.3 Å². The van der Waals surface area contributed by atoms with Crippen molar-refractivity contribution in [3.63, 3.8) is 0 Å². The third-order valence-electron chi connectivity index (χ3n) is 4.17. The molecule has 0 bridgehead atoms. The first-order chi connectivity index (χ1) is 12.9. The number of carbonyl (C=O) groups excluding carboxylic acids is 2. The van der Waals surface area contributed by atoms with Crippen molar-refractivity contribution >= 4 is 64.2 Å². The number of rotatable bonds is 5. The van der Waals surface area contributed by atoms with Crippen molar-refractivity contribution in [2.45, 2.75) is 19.9 Å². The second-order valence-electron chi connectivity index (χ2n) is 5.86. The van der Waals surface area contributed by atoms with Gasteiger partial charge in [-0.1, -0.05) is 35.3 Å². The van der Waals surface area contributed by atoms with E-state index < -0.39 is 5.91 Å². The summed E-state index contributed by atoms with van der Waals surface area (Å²) in [6, 6.07) is 10.3.